The van der Waals surface area contributed by atoms with Crippen LogP contribution in [0, 0.1) is 17.8 Å². The average Bonchev–Trinajstić information content (AvgIpc) is 3.61. The zero-order valence-corrected chi connectivity index (χ0v) is 21.2. The lowest BCUT2D eigenvalue weighted by molar-refractivity contribution is 0.0696. The Kier molecular flexibility index (Phi) is 5.13. The van der Waals surface area contributed by atoms with Crippen molar-refractivity contribution < 1.29 is 14.4 Å². The molecule has 7 nitrogen and oxygen atoms in total. The van der Waals surface area contributed by atoms with Gasteiger partial charge in [-0.15, -0.1) is 11.3 Å². The van der Waals surface area contributed by atoms with E-state index in [1.807, 2.05) is 12.1 Å². The lowest BCUT2D eigenvalue weighted by Crippen LogP contribution is -2.23. The second-order valence-corrected chi connectivity index (χ2v) is 11.6. The zero-order valence-electron chi connectivity index (χ0n) is 18.9. The van der Waals surface area contributed by atoms with E-state index in [-0.39, 0.29) is 5.01 Å². The fourth-order valence-corrected chi connectivity index (χ4v) is 6.79. The lowest BCUT2D eigenvalue weighted by Gasteiger charge is -2.21. The van der Waals surface area contributed by atoms with Crippen molar-refractivity contribution in [3.05, 3.63) is 63.0 Å². The molecule has 36 heavy (non-hydrogen) atoms. The molecule has 7 rings (SSSR count). The molecule has 10 heteroatoms. The minimum atomic E-state index is -0.982. The number of hydrogen-bond donors (Lipinski definition) is 1. The Bertz CT molecular complexity index is 1530. The van der Waals surface area contributed by atoms with Crippen LogP contribution >= 0.6 is 34.5 Å². The molecule has 0 spiro atoms. The molecular formula is C26H20Cl2N4O3S. The molecule has 0 radical (unpaired) electrons. The molecule has 3 fully saturated rings. The first kappa shape index (κ1) is 22.3. The van der Waals surface area contributed by atoms with Crippen LogP contribution in [0.1, 0.15) is 39.9 Å². The van der Waals surface area contributed by atoms with E-state index in [2.05, 4.69) is 38.2 Å². The van der Waals surface area contributed by atoms with Crippen LogP contribution in [-0.4, -0.2) is 39.3 Å². The summed E-state index contributed by atoms with van der Waals surface area (Å²) in [6.07, 6.45) is 9.81. The van der Waals surface area contributed by atoms with Crippen molar-refractivity contribution in [2.24, 2.45) is 17.8 Å². The van der Waals surface area contributed by atoms with Gasteiger partial charge in [0.1, 0.15) is 11.5 Å². The predicted molar refractivity (Wildman–Crippen MR) is 140 cm³/mol. The van der Waals surface area contributed by atoms with Crippen molar-refractivity contribution in [1.82, 2.24) is 15.1 Å². The number of benzene rings is 1. The molecule has 2 aliphatic carbocycles. The van der Waals surface area contributed by atoms with E-state index >= 15 is 0 Å². The number of hydrogen-bond acceptors (Lipinski definition) is 7. The number of rotatable bonds is 6. The lowest BCUT2D eigenvalue weighted by atomic mass is 10.0. The topological polar surface area (TPSA) is 92.3 Å². The Morgan fingerprint density at radius 1 is 1.17 bits per heavy atom. The molecule has 1 aliphatic heterocycles. The molecule has 1 N–H and O–H groups in total. The number of halogens is 2. The molecule has 4 heterocycles. The molecule has 2 saturated carbocycles. The maximum absolute atomic E-state index is 11.2. The molecule has 3 aromatic heterocycles. The van der Waals surface area contributed by atoms with E-state index in [9.17, 15) is 9.90 Å². The zero-order chi connectivity index (χ0) is 24.6. The molecule has 0 bridgehead atoms. The van der Waals surface area contributed by atoms with Gasteiger partial charge in [-0.05, 0) is 48.8 Å². The van der Waals surface area contributed by atoms with E-state index in [0.29, 0.717) is 45.0 Å². The molecule has 1 aromatic carbocycles. The maximum Gasteiger partial charge on any atom is 0.365 e. The summed E-state index contributed by atoms with van der Waals surface area (Å²) in [5, 5.41) is 14.6. The van der Waals surface area contributed by atoms with E-state index in [4.69, 9.17) is 27.7 Å². The standard InChI is InChI=1S/C26H20Cl2N4O3S/c27-18-8-29-9-19(28)22(18)23-15(24(35-31-23)12-1-2-12)5-4-14-16-10-32(11-17(14)16)13-3-6-20-21(7-13)36-25(30-20)26(33)34/h3-9,12,14,16-17H,1-2,10-11H2,(H,33,34)/b5-4+. The number of thiazole rings is 1. The first-order valence-electron chi connectivity index (χ1n) is 11.8. The number of anilines is 1. The summed E-state index contributed by atoms with van der Waals surface area (Å²) < 4.78 is 6.67. The van der Waals surface area contributed by atoms with Crippen LogP contribution in [0.5, 0.6) is 0 Å². The number of nitrogens with zero attached hydrogens (tertiary/aromatic N) is 4. The van der Waals surface area contributed by atoms with Crippen LogP contribution in [0.15, 0.2) is 41.2 Å². The fourth-order valence-electron chi connectivity index (χ4n) is 5.41. The number of fused-ring (bicyclic) bond motifs is 2. The first-order valence-corrected chi connectivity index (χ1v) is 13.4. The molecule has 0 amide bonds. The Morgan fingerprint density at radius 2 is 1.92 bits per heavy atom. The summed E-state index contributed by atoms with van der Waals surface area (Å²) in [6.45, 7) is 1.95. The molecular weight excluding hydrogens is 519 g/mol. The van der Waals surface area contributed by atoms with Crippen LogP contribution < -0.4 is 4.90 Å². The molecule has 182 valence electrons. The van der Waals surface area contributed by atoms with E-state index in [1.54, 1.807) is 12.4 Å². The smallest absolute Gasteiger partial charge is 0.365 e. The van der Waals surface area contributed by atoms with Gasteiger partial charge in [0.15, 0.2) is 0 Å². The highest BCUT2D eigenvalue weighted by Gasteiger charge is 2.54. The second kappa shape index (κ2) is 8.30. The van der Waals surface area contributed by atoms with Crippen molar-refractivity contribution >= 4 is 62.5 Å². The highest BCUT2D eigenvalue weighted by molar-refractivity contribution is 7.20. The van der Waals surface area contributed by atoms with Gasteiger partial charge in [0.25, 0.3) is 0 Å². The van der Waals surface area contributed by atoms with Gasteiger partial charge in [-0.3, -0.25) is 4.98 Å². The summed E-state index contributed by atoms with van der Waals surface area (Å²) in [4.78, 5) is 21.9. The SMILES string of the molecule is O=C(O)c1nc2ccc(N3CC4C(/C=C/c5c(-c6c(Cl)cncc6Cl)noc5C5CC5)C4C3)cc2s1. The van der Waals surface area contributed by atoms with Crippen LogP contribution in [0.2, 0.25) is 10.0 Å². The van der Waals surface area contributed by atoms with Crippen LogP contribution in [0.3, 0.4) is 0 Å². The third kappa shape index (κ3) is 3.70. The van der Waals surface area contributed by atoms with Gasteiger partial charge in [-0.25, -0.2) is 9.78 Å². The fraction of sp³-hybridized carbons (Fsp3) is 0.308. The van der Waals surface area contributed by atoms with Crippen molar-refractivity contribution in [2.45, 2.75) is 18.8 Å². The van der Waals surface area contributed by atoms with Gasteiger partial charge >= 0.3 is 5.97 Å². The van der Waals surface area contributed by atoms with Crippen LogP contribution in [0.4, 0.5) is 5.69 Å². The minimum absolute atomic E-state index is 0.129. The first-order chi connectivity index (χ1) is 17.5. The van der Waals surface area contributed by atoms with Gasteiger partial charge in [-0.2, -0.15) is 0 Å². The third-order valence-corrected chi connectivity index (χ3v) is 9.04. The van der Waals surface area contributed by atoms with Gasteiger partial charge in [0, 0.05) is 48.2 Å². The highest BCUT2D eigenvalue weighted by Crippen LogP contribution is 2.54. The number of allylic oxidation sites excluding steroid dienone is 1. The molecule has 2 atom stereocenters. The number of carbonyl (C=O) groups is 1. The van der Waals surface area contributed by atoms with Crippen molar-refractivity contribution in [3.63, 3.8) is 0 Å². The van der Waals surface area contributed by atoms with Gasteiger partial charge in [0.2, 0.25) is 5.01 Å². The molecule has 3 aliphatic rings. The van der Waals surface area contributed by atoms with Crippen molar-refractivity contribution in [3.8, 4) is 11.3 Å². The van der Waals surface area contributed by atoms with Crippen LogP contribution in [-0.2, 0) is 0 Å². The number of piperidine rings is 1. The minimum Gasteiger partial charge on any atom is -0.476 e. The molecule has 4 aromatic rings. The maximum atomic E-state index is 11.2. The summed E-state index contributed by atoms with van der Waals surface area (Å²) >= 11 is 14.1. The summed E-state index contributed by atoms with van der Waals surface area (Å²) in [6, 6.07) is 6.01. The van der Waals surface area contributed by atoms with E-state index in [1.165, 1.54) is 11.3 Å². The van der Waals surface area contributed by atoms with Crippen molar-refractivity contribution in [2.75, 3.05) is 18.0 Å². The highest BCUT2D eigenvalue weighted by atomic mass is 35.5. The number of pyridine rings is 1. The van der Waals surface area contributed by atoms with Crippen LogP contribution in [0.25, 0.3) is 27.6 Å². The molecule has 1 saturated heterocycles. The quantitative estimate of drug-likeness (QED) is 0.294. The Hall–Kier alpha value is -2.94. The normalized spacial score (nSPS) is 23.1. The summed E-state index contributed by atoms with van der Waals surface area (Å²) in [5.41, 5.74) is 4.17. The number of aromatic carboxylic acids is 1. The average molecular weight is 539 g/mol. The van der Waals surface area contributed by atoms with E-state index in [0.717, 1.165) is 53.2 Å². The Balaban J connectivity index is 1.10. The second-order valence-electron chi connectivity index (χ2n) is 9.71. The Labute approximate surface area is 220 Å². The molecule has 2 unspecified atom stereocenters. The van der Waals surface area contributed by atoms with Gasteiger partial charge in [0.05, 0.1) is 20.3 Å². The number of carboxylic acids is 1. The summed E-state index contributed by atoms with van der Waals surface area (Å²) in [5.74, 6) is 2.02. The van der Waals surface area contributed by atoms with E-state index < -0.39 is 5.97 Å². The number of carboxylic acid groups (broad SMARTS) is 1. The van der Waals surface area contributed by atoms with Crippen molar-refractivity contribution in [1.29, 1.82) is 0 Å². The summed E-state index contributed by atoms with van der Waals surface area (Å²) in [7, 11) is 0. The number of aromatic nitrogens is 3. The van der Waals surface area contributed by atoms with Gasteiger partial charge < -0.3 is 14.5 Å². The Morgan fingerprint density at radius 3 is 2.61 bits per heavy atom. The monoisotopic (exact) mass is 538 g/mol. The third-order valence-electron chi connectivity index (χ3n) is 7.46. The predicted octanol–water partition coefficient (Wildman–Crippen LogP) is 6.62. The largest absolute Gasteiger partial charge is 0.476 e. The van der Waals surface area contributed by atoms with Gasteiger partial charge in [-0.1, -0.05) is 40.5 Å².